The molecule has 1 aliphatic rings. The lowest BCUT2D eigenvalue weighted by molar-refractivity contribution is 0.167. The van der Waals surface area contributed by atoms with Crippen LogP contribution in [-0.2, 0) is 0 Å². The fourth-order valence-electron chi connectivity index (χ4n) is 1.91. The van der Waals surface area contributed by atoms with Gasteiger partial charge in [0, 0.05) is 46.3 Å². The van der Waals surface area contributed by atoms with E-state index >= 15 is 0 Å². The summed E-state index contributed by atoms with van der Waals surface area (Å²) < 4.78 is 5.05. The Morgan fingerprint density at radius 2 is 2.00 bits per heavy atom. The van der Waals surface area contributed by atoms with Crippen molar-refractivity contribution in [3.63, 3.8) is 0 Å². The smallest absolute Gasteiger partial charge is 0.319 e. The van der Waals surface area contributed by atoms with Crippen molar-refractivity contribution in [2.24, 2.45) is 0 Å². The minimum Gasteiger partial charge on any atom is -0.360 e. The first-order valence-corrected chi connectivity index (χ1v) is 5.72. The molecule has 1 aromatic rings. The van der Waals surface area contributed by atoms with E-state index in [1.807, 2.05) is 17.9 Å². The third-order valence-corrected chi connectivity index (χ3v) is 2.87. The summed E-state index contributed by atoms with van der Waals surface area (Å²) >= 11 is 0. The number of aromatic nitrogens is 1. The number of nitrogens with zero attached hydrogens (tertiary/aromatic N) is 4. The van der Waals surface area contributed by atoms with Gasteiger partial charge in [-0.3, -0.25) is 0 Å². The topological polar surface area (TPSA) is 52.8 Å². The van der Waals surface area contributed by atoms with E-state index in [0.717, 1.165) is 37.8 Å². The van der Waals surface area contributed by atoms with Crippen molar-refractivity contribution in [2.75, 3.05) is 45.2 Å². The molecule has 94 valence electrons. The minimum absolute atomic E-state index is 0.0704. The molecule has 2 amide bonds. The van der Waals surface area contributed by atoms with Crippen LogP contribution in [0.4, 0.5) is 10.6 Å². The number of amides is 2. The fraction of sp³-hybridized carbons (Fsp3) is 0.636. The Balaban J connectivity index is 1.92. The van der Waals surface area contributed by atoms with E-state index in [1.165, 1.54) is 0 Å². The number of carbonyl (C=O) groups is 1. The van der Waals surface area contributed by atoms with Crippen molar-refractivity contribution >= 4 is 11.8 Å². The summed E-state index contributed by atoms with van der Waals surface area (Å²) in [5.41, 5.74) is 0. The normalized spacial score (nSPS) is 16.2. The summed E-state index contributed by atoms with van der Waals surface area (Å²) in [7, 11) is 3.55. The number of aryl methyl sites for hydroxylation is 1. The molecular formula is C11H18N4O2. The van der Waals surface area contributed by atoms with Gasteiger partial charge < -0.3 is 19.2 Å². The maximum atomic E-state index is 11.7. The van der Waals surface area contributed by atoms with Crippen LogP contribution in [0.25, 0.3) is 0 Å². The molecule has 2 rings (SSSR count). The number of piperazine rings is 1. The van der Waals surface area contributed by atoms with E-state index in [0.29, 0.717) is 0 Å². The van der Waals surface area contributed by atoms with Gasteiger partial charge in [-0.05, 0) is 6.92 Å². The average molecular weight is 238 g/mol. The second-order valence-corrected chi connectivity index (χ2v) is 4.45. The fourth-order valence-corrected chi connectivity index (χ4v) is 1.91. The molecule has 6 heteroatoms. The van der Waals surface area contributed by atoms with Gasteiger partial charge in [-0.2, -0.15) is 0 Å². The number of carbonyl (C=O) groups excluding carboxylic acids is 1. The number of rotatable bonds is 1. The summed E-state index contributed by atoms with van der Waals surface area (Å²) in [6.07, 6.45) is 0. The molecular weight excluding hydrogens is 220 g/mol. The lowest BCUT2D eigenvalue weighted by Crippen LogP contribution is -2.51. The van der Waals surface area contributed by atoms with Gasteiger partial charge in [-0.25, -0.2) is 4.79 Å². The van der Waals surface area contributed by atoms with Crippen LogP contribution in [0.5, 0.6) is 0 Å². The molecule has 17 heavy (non-hydrogen) atoms. The molecule has 0 saturated carbocycles. The number of anilines is 1. The number of hydrogen-bond donors (Lipinski definition) is 0. The Labute approximate surface area is 101 Å². The predicted octanol–water partition coefficient (Wildman–Crippen LogP) is 0.787. The van der Waals surface area contributed by atoms with Crippen molar-refractivity contribution in [3.8, 4) is 0 Å². The predicted molar refractivity (Wildman–Crippen MR) is 64.1 cm³/mol. The first-order chi connectivity index (χ1) is 8.08. The van der Waals surface area contributed by atoms with Crippen LogP contribution in [0.2, 0.25) is 0 Å². The molecule has 0 bridgehead atoms. The third-order valence-electron chi connectivity index (χ3n) is 2.87. The van der Waals surface area contributed by atoms with Gasteiger partial charge in [-0.1, -0.05) is 5.16 Å². The molecule has 0 aromatic carbocycles. The maximum absolute atomic E-state index is 11.7. The van der Waals surface area contributed by atoms with Crippen LogP contribution in [0.3, 0.4) is 0 Å². The quantitative estimate of drug-likeness (QED) is 0.725. The highest BCUT2D eigenvalue weighted by molar-refractivity contribution is 5.74. The van der Waals surface area contributed by atoms with E-state index in [1.54, 1.807) is 19.0 Å². The van der Waals surface area contributed by atoms with Gasteiger partial charge in [0.2, 0.25) is 0 Å². The zero-order valence-electron chi connectivity index (χ0n) is 10.5. The molecule has 0 radical (unpaired) electrons. The second-order valence-electron chi connectivity index (χ2n) is 4.45. The van der Waals surface area contributed by atoms with Crippen molar-refractivity contribution in [3.05, 3.63) is 11.8 Å². The molecule has 0 N–H and O–H groups in total. The van der Waals surface area contributed by atoms with Crippen LogP contribution in [0.1, 0.15) is 5.76 Å². The highest BCUT2D eigenvalue weighted by Crippen LogP contribution is 2.16. The van der Waals surface area contributed by atoms with Crippen molar-refractivity contribution in [1.29, 1.82) is 0 Å². The van der Waals surface area contributed by atoms with Gasteiger partial charge in [-0.15, -0.1) is 0 Å². The molecule has 0 unspecified atom stereocenters. The standard InChI is InChI=1S/C11H18N4O2/c1-9-8-10(12-17-9)14-4-6-15(7-5-14)11(16)13(2)3/h8H,4-7H2,1-3H3. The van der Waals surface area contributed by atoms with Crippen molar-refractivity contribution < 1.29 is 9.32 Å². The van der Waals surface area contributed by atoms with Gasteiger partial charge in [0.15, 0.2) is 5.82 Å². The Kier molecular flexibility index (Phi) is 3.21. The van der Waals surface area contributed by atoms with Crippen LogP contribution in [0, 0.1) is 6.92 Å². The van der Waals surface area contributed by atoms with E-state index < -0.39 is 0 Å². The lowest BCUT2D eigenvalue weighted by Gasteiger charge is -2.35. The monoisotopic (exact) mass is 238 g/mol. The van der Waals surface area contributed by atoms with Crippen molar-refractivity contribution in [1.82, 2.24) is 15.0 Å². The second kappa shape index (κ2) is 4.65. The highest BCUT2D eigenvalue weighted by atomic mass is 16.5. The molecule has 2 heterocycles. The first-order valence-electron chi connectivity index (χ1n) is 5.72. The Bertz CT molecular complexity index is 394. The van der Waals surface area contributed by atoms with Gasteiger partial charge >= 0.3 is 6.03 Å². The summed E-state index contributed by atoms with van der Waals surface area (Å²) in [5, 5.41) is 3.98. The summed E-state index contributed by atoms with van der Waals surface area (Å²) in [4.78, 5) is 17.3. The minimum atomic E-state index is 0.0704. The zero-order chi connectivity index (χ0) is 12.4. The van der Waals surface area contributed by atoms with E-state index in [-0.39, 0.29) is 6.03 Å². The lowest BCUT2D eigenvalue weighted by atomic mass is 10.3. The van der Waals surface area contributed by atoms with E-state index in [4.69, 9.17) is 4.52 Å². The molecule has 1 aliphatic heterocycles. The van der Waals surface area contributed by atoms with Crippen LogP contribution in [-0.4, -0.2) is 61.3 Å². The number of hydrogen-bond acceptors (Lipinski definition) is 4. The highest BCUT2D eigenvalue weighted by Gasteiger charge is 2.23. The molecule has 1 fully saturated rings. The zero-order valence-corrected chi connectivity index (χ0v) is 10.5. The van der Waals surface area contributed by atoms with E-state index in [9.17, 15) is 4.79 Å². The Morgan fingerprint density at radius 3 is 2.47 bits per heavy atom. The van der Waals surface area contributed by atoms with Gasteiger partial charge in [0.05, 0.1) is 0 Å². The number of urea groups is 1. The molecule has 1 saturated heterocycles. The molecule has 1 aromatic heterocycles. The van der Waals surface area contributed by atoms with Gasteiger partial charge in [0.1, 0.15) is 5.76 Å². The molecule has 0 aliphatic carbocycles. The molecule has 6 nitrogen and oxygen atoms in total. The Hall–Kier alpha value is -1.72. The van der Waals surface area contributed by atoms with Crippen LogP contribution < -0.4 is 4.90 Å². The van der Waals surface area contributed by atoms with Crippen LogP contribution in [0.15, 0.2) is 10.6 Å². The largest absolute Gasteiger partial charge is 0.360 e. The van der Waals surface area contributed by atoms with Crippen molar-refractivity contribution in [2.45, 2.75) is 6.92 Å². The first kappa shape index (κ1) is 11.8. The average Bonchev–Trinajstić information content (AvgIpc) is 2.75. The maximum Gasteiger partial charge on any atom is 0.319 e. The van der Waals surface area contributed by atoms with E-state index in [2.05, 4.69) is 10.1 Å². The van der Waals surface area contributed by atoms with Crippen LogP contribution >= 0.6 is 0 Å². The summed E-state index contributed by atoms with van der Waals surface area (Å²) in [6, 6.07) is 1.99. The molecule has 0 atom stereocenters. The third kappa shape index (κ3) is 2.51. The molecule has 0 spiro atoms. The summed E-state index contributed by atoms with van der Waals surface area (Å²) in [5.74, 6) is 1.67. The summed E-state index contributed by atoms with van der Waals surface area (Å²) in [6.45, 7) is 4.92. The Morgan fingerprint density at radius 1 is 1.35 bits per heavy atom. The SMILES string of the molecule is Cc1cc(N2CCN(C(=O)N(C)C)CC2)no1. The van der Waals surface area contributed by atoms with Gasteiger partial charge in [0.25, 0.3) is 0 Å².